The molecule has 1 N–H and O–H groups in total. The van der Waals surface area contributed by atoms with Crippen molar-refractivity contribution in [3.63, 3.8) is 0 Å². The molecule has 0 amide bonds. The fraction of sp³-hybridized carbons (Fsp3) is 0.643. The van der Waals surface area contributed by atoms with Crippen molar-refractivity contribution in [1.82, 2.24) is 10.3 Å². The Morgan fingerprint density at radius 3 is 2.83 bits per heavy atom. The average Bonchev–Trinajstić information content (AvgIpc) is 2.39. The molecule has 102 valence electrons. The van der Waals surface area contributed by atoms with E-state index in [9.17, 15) is 0 Å². The van der Waals surface area contributed by atoms with Gasteiger partial charge in [0.15, 0.2) is 0 Å². The summed E-state index contributed by atoms with van der Waals surface area (Å²) >= 11 is 0. The molecular weight excluding hydrogens is 228 g/mol. The van der Waals surface area contributed by atoms with Gasteiger partial charge >= 0.3 is 0 Å². The van der Waals surface area contributed by atoms with E-state index in [2.05, 4.69) is 17.2 Å². The smallest absolute Gasteiger partial charge is 0.0887 e. The van der Waals surface area contributed by atoms with E-state index < -0.39 is 0 Å². The highest BCUT2D eigenvalue weighted by Gasteiger charge is 1.98. The molecule has 0 unspecified atom stereocenters. The predicted molar refractivity (Wildman–Crippen MR) is 72.4 cm³/mol. The Bertz CT molecular complexity index is 318. The van der Waals surface area contributed by atoms with Gasteiger partial charge in [-0.1, -0.05) is 13.0 Å². The first-order valence-corrected chi connectivity index (χ1v) is 6.59. The van der Waals surface area contributed by atoms with Gasteiger partial charge in [0.05, 0.1) is 18.0 Å². The van der Waals surface area contributed by atoms with Crippen LogP contribution >= 0.6 is 0 Å². The second-order valence-corrected chi connectivity index (χ2v) is 4.20. The zero-order valence-electron chi connectivity index (χ0n) is 11.4. The molecule has 0 aromatic carbocycles. The molecule has 1 rings (SSSR count). The van der Waals surface area contributed by atoms with E-state index in [-0.39, 0.29) is 0 Å². The summed E-state index contributed by atoms with van der Waals surface area (Å²) in [5, 5.41) is 3.34. The maximum absolute atomic E-state index is 5.54. The fourth-order valence-corrected chi connectivity index (χ4v) is 1.58. The number of ether oxygens (including phenoxy) is 2. The van der Waals surface area contributed by atoms with Crippen molar-refractivity contribution in [3.8, 4) is 0 Å². The second-order valence-electron chi connectivity index (χ2n) is 4.20. The van der Waals surface area contributed by atoms with Crippen LogP contribution < -0.4 is 5.32 Å². The number of rotatable bonds is 10. The van der Waals surface area contributed by atoms with Gasteiger partial charge in [0.1, 0.15) is 0 Å². The number of pyridine rings is 1. The molecule has 0 fully saturated rings. The molecule has 0 aliphatic rings. The van der Waals surface area contributed by atoms with Crippen molar-refractivity contribution in [1.29, 1.82) is 0 Å². The summed E-state index contributed by atoms with van der Waals surface area (Å²) < 4.78 is 10.5. The third-order valence-corrected chi connectivity index (χ3v) is 2.48. The van der Waals surface area contributed by atoms with E-state index in [4.69, 9.17) is 9.47 Å². The zero-order chi connectivity index (χ0) is 13.1. The van der Waals surface area contributed by atoms with Crippen LogP contribution in [0.15, 0.2) is 18.2 Å². The molecule has 0 aliphatic heterocycles. The summed E-state index contributed by atoms with van der Waals surface area (Å²) in [7, 11) is 1.70. The maximum Gasteiger partial charge on any atom is 0.0887 e. The Labute approximate surface area is 110 Å². The summed E-state index contributed by atoms with van der Waals surface area (Å²) in [6.07, 6.45) is 2.07. The Kier molecular flexibility index (Phi) is 8.38. The van der Waals surface area contributed by atoms with E-state index in [1.54, 1.807) is 7.11 Å². The number of hydrogen-bond donors (Lipinski definition) is 1. The Morgan fingerprint density at radius 1 is 1.22 bits per heavy atom. The third kappa shape index (κ3) is 6.69. The summed E-state index contributed by atoms with van der Waals surface area (Å²) in [4.78, 5) is 4.54. The molecule has 0 radical (unpaired) electrons. The summed E-state index contributed by atoms with van der Waals surface area (Å²) in [5.74, 6) is 0. The molecule has 1 heterocycles. The van der Waals surface area contributed by atoms with Crippen LogP contribution in [0.1, 0.15) is 31.2 Å². The maximum atomic E-state index is 5.54. The van der Waals surface area contributed by atoms with Gasteiger partial charge in [0.2, 0.25) is 0 Å². The van der Waals surface area contributed by atoms with E-state index in [0.717, 1.165) is 43.9 Å². The van der Waals surface area contributed by atoms with Gasteiger partial charge in [-0.05, 0) is 31.5 Å². The number of hydrogen-bond acceptors (Lipinski definition) is 4. The van der Waals surface area contributed by atoms with Gasteiger partial charge in [0.25, 0.3) is 0 Å². The molecule has 0 saturated heterocycles. The highest BCUT2D eigenvalue weighted by atomic mass is 16.5. The SMILES string of the molecule is CCCNCc1cccc(COCCCOC)n1. The van der Waals surface area contributed by atoms with Crippen LogP contribution in [0, 0.1) is 0 Å². The number of methoxy groups -OCH3 is 1. The van der Waals surface area contributed by atoms with E-state index in [0.29, 0.717) is 13.2 Å². The first kappa shape index (κ1) is 15.1. The third-order valence-electron chi connectivity index (χ3n) is 2.48. The Morgan fingerprint density at radius 2 is 2.06 bits per heavy atom. The van der Waals surface area contributed by atoms with Gasteiger partial charge in [-0.15, -0.1) is 0 Å². The van der Waals surface area contributed by atoms with Crippen LogP contribution in [0.25, 0.3) is 0 Å². The molecule has 1 aromatic heterocycles. The highest BCUT2D eigenvalue weighted by Crippen LogP contribution is 2.01. The van der Waals surface area contributed by atoms with Gasteiger partial charge < -0.3 is 14.8 Å². The molecule has 0 saturated carbocycles. The first-order valence-electron chi connectivity index (χ1n) is 6.59. The van der Waals surface area contributed by atoms with Crippen molar-refractivity contribution in [2.45, 2.75) is 32.9 Å². The van der Waals surface area contributed by atoms with Gasteiger partial charge in [-0.25, -0.2) is 0 Å². The Balaban J connectivity index is 2.26. The lowest BCUT2D eigenvalue weighted by atomic mass is 10.3. The molecule has 18 heavy (non-hydrogen) atoms. The molecule has 0 spiro atoms. The molecule has 0 aliphatic carbocycles. The predicted octanol–water partition coefficient (Wildman–Crippen LogP) is 2.13. The van der Waals surface area contributed by atoms with Crippen molar-refractivity contribution in [3.05, 3.63) is 29.6 Å². The number of aromatic nitrogens is 1. The van der Waals surface area contributed by atoms with Gasteiger partial charge in [-0.2, -0.15) is 0 Å². The monoisotopic (exact) mass is 252 g/mol. The molecule has 0 bridgehead atoms. The normalized spacial score (nSPS) is 10.8. The number of nitrogens with zero attached hydrogens (tertiary/aromatic N) is 1. The van der Waals surface area contributed by atoms with E-state index in [1.807, 2.05) is 18.2 Å². The van der Waals surface area contributed by atoms with Crippen LogP contribution in [0.4, 0.5) is 0 Å². The van der Waals surface area contributed by atoms with Crippen LogP contribution in [-0.2, 0) is 22.6 Å². The molecule has 4 nitrogen and oxygen atoms in total. The first-order chi connectivity index (χ1) is 8.86. The average molecular weight is 252 g/mol. The lowest BCUT2D eigenvalue weighted by Gasteiger charge is -2.06. The van der Waals surface area contributed by atoms with Crippen LogP contribution in [-0.4, -0.2) is 31.9 Å². The lowest BCUT2D eigenvalue weighted by molar-refractivity contribution is 0.0909. The van der Waals surface area contributed by atoms with Crippen LogP contribution in [0.3, 0.4) is 0 Å². The van der Waals surface area contributed by atoms with Crippen molar-refractivity contribution >= 4 is 0 Å². The lowest BCUT2D eigenvalue weighted by Crippen LogP contribution is -2.15. The minimum atomic E-state index is 0.575. The zero-order valence-corrected chi connectivity index (χ0v) is 11.4. The van der Waals surface area contributed by atoms with Crippen LogP contribution in [0.5, 0.6) is 0 Å². The van der Waals surface area contributed by atoms with E-state index in [1.165, 1.54) is 0 Å². The van der Waals surface area contributed by atoms with E-state index >= 15 is 0 Å². The Hall–Kier alpha value is -0.970. The van der Waals surface area contributed by atoms with Crippen molar-refractivity contribution in [2.75, 3.05) is 26.9 Å². The van der Waals surface area contributed by atoms with Gasteiger partial charge in [-0.3, -0.25) is 4.98 Å². The molecular formula is C14H24N2O2. The summed E-state index contributed by atoms with van der Waals surface area (Å²) in [6.45, 7) is 6.04. The van der Waals surface area contributed by atoms with Crippen molar-refractivity contribution in [2.24, 2.45) is 0 Å². The topological polar surface area (TPSA) is 43.4 Å². The van der Waals surface area contributed by atoms with Crippen LogP contribution in [0.2, 0.25) is 0 Å². The summed E-state index contributed by atoms with van der Waals surface area (Å²) in [5.41, 5.74) is 2.06. The van der Waals surface area contributed by atoms with Crippen molar-refractivity contribution < 1.29 is 9.47 Å². The minimum Gasteiger partial charge on any atom is -0.385 e. The minimum absolute atomic E-state index is 0.575. The molecule has 1 aromatic rings. The highest BCUT2D eigenvalue weighted by molar-refractivity contribution is 5.10. The second kappa shape index (κ2) is 10.00. The summed E-state index contributed by atoms with van der Waals surface area (Å²) in [6, 6.07) is 6.07. The molecule has 4 heteroatoms. The molecule has 0 atom stereocenters. The fourth-order valence-electron chi connectivity index (χ4n) is 1.58. The largest absolute Gasteiger partial charge is 0.385 e. The number of nitrogens with one attached hydrogen (secondary N) is 1. The van der Waals surface area contributed by atoms with Gasteiger partial charge in [0, 0.05) is 26.9 Å². The standard InChI is InChI=1S/C14H24N2O2/c1-3-8-15-11-13-6-4-7-14(16-13)12-18-10-5-9-17-2/h4,6-7,15H,3,5,8-12H2,1-2H3. The quantitative estimate of drug-likeness (QED) is 0.648.